The van der Waals surface area contributed by atoms with E-state index in [1.54, 1.807) is 23.6 Å². The van der Waals surface area contributed by atoms with Crippen molar-refractivity contribution in [2.24, 2.45) is 0 Å². The van der Waals surface area contributed by atoms with Crippen LogP contribution in [0.15, 0.2) is 41.3 Å². The van der Waals surface area contributed by atoms with Crippen LogP contribution in [0, 0.1) is 6.92 Å². The maximum absolute atomic E-state index is 12.2. The molecular weight excluding hydrogens is 330 g/mol. The lowest BCUT2D eigenvalue weighted by atomic mass is 10.2. The molecule has 1 fully saturated rings. The number of thiazole rings is 1. The first kappa shape index (κ1) is 16.2. The summed E-state index contributed by atoms with van der Waals surface area (Å²) in [7, 11) is -3.44. The topological polar surface area (TPSA) is 62.3 Å². The number of sulfonamides is 1. The van der Waals surface area contributed by atoms with Crippen molar-refractivity contribution in [1.29, 1.82) is 0 Å². The normalized spacial score (nSPS) is 18.8. The Hall–Kier alpha value is -1.70. The van der Waals surface area contributed by atoms with Gasteiger partial charge in [0, 0.05) is 36.1 Å². The Morgan fingerprint density at radius 2 is 2.13 bits per heavy atom. The molecule has 1 saturated heterocycles. The van der Waals surface area contributed by atoms with E-state index in [2.05, 4.69) is 14.6 Å². The lowest BCUT2D eigenvalue weighted by Crippen LogP contribution is -2.35. The van der Waals surface area contributed by atoms with E-state index in [-0.39, 0.29) is 6.04 Å². The minimum Gasteiger partial charge on any atom is -0.346 e. The molecule has 1 aromatic carbocycles. The van der Waals surface area contributed by atoms with Crippen molar-refractivity contribution < 1.29 is 8.42 Å². The number of anilines is 1. The summed E-state index contributed by atoms with van der Waals surface area (Å²) in [5, 5.41) is 4.11. The average Bonchev–Trinajstić information content (AvgIpc) is 3.17. The lowest BCUT2D eigenvalue weighted by Gasteiger charge is -2.15. The van der Waals surface area contributed by atoms with Crippen molar-refractivity contribution in [3.05, 3.63) is 52.4 Å². The van der Waals surface area contributed by atoms with Crippen LogP contribution >= 0.6 is 11.3 Å². The molecule has 122 valence electrons. The largest absolute Gasteiger partial charge is 0.346 e. The quantitative estimate of drug-likeness (QED) is 0.901. The molecule has 0 radical (unpaired) electrons. The van der Waals surface area contributed by atoms with Gasteiger partial charge in [0.1, 0.15) is 0 Å². The van der Waals surface area contributed by atoms with Gasteiger partial charge in [-0.2, -0.15) is 0 Å². The SMILES string of the molecule is Cc1ccc(/C=C/S(=O)(=O)N[C@@H]2CCN(c3nccs3)C2)cc1. The van der Waals surface area contributed by atoms with Gasteiger partial charge in [-0.15, -0.1) is 11.3 Å². The summed E-state index contributed by atoms with van der Waals surface area (Å²) in [6, 6.07) is 7.65. The van der Waals surface area contributed by atoms with Crippen LogP contribution in [0.1, 0.15) is 17.5 Å². The zero-order valence-corrected chi connectivity index (χ0v) is 14.5. The number of nitrogens with one attached hydrogen (secondary N) is 1. The number of rotatable bonds is 5. The van der Waals surface area contributed by atoms with Crippen LogP contribution in [0.4, 0.5) is 5.13 Å². The van der Waals surface area contributed by atoms with Crippen molar-refractivity contribution >= 4 is 32.6 Å². The molecule has 7 heteroatoms. The van der Waals surface area contributed by atoms with Gasteiger partial charge in [-0.3, -0.25) is 0 Å². The molecule has 0 amide bonds. The second-order valence-electron chi connectivity index (χ2n) is 5.62. The zero-order valence-electron chi connectivity index (χ0n) is 12.8. The van der Waals surface area contributed by atoms with Crippen LogP contribution in [-0.2, 0) is 10.0 Å². The molecule has 0 spiro atoms. The summed E-state index contributed by atoms with van der Waals surface area (Å²) in [5.41, 5.74) is 2.02. The van der Waals surface area contributed by atoms with Gasteiger partial charge in [-0.05, 0) is 25.0 Å². The van der Waals surface area contributed by atoms with Crippen LogP contribution in [0.25, 0.3) is 6.08 Å². The molecular formula is C16H19N3O2S2. The first-order valence-corrected chi connectivity index (χ1v) is 9.86. The fraction of sp³-hybridized carbons (Fsp3) is 0.312. The third kappa shape index (κ3) is 4.40. The highest BCUT2D eigenvalue weighted by Crippen LogP contribution is 2.22. The first-order chi connectivity index (χ1) is 11.0. The summed E-state index contributed by atoms with van der Waals surface area (Å²) in [6.45, 7) is 3.48. The fourth-order valence-electron chi connectivity index (χ4n) is 2.52. The molecule has 1 N–H and O–H groups in total. The highest BCUT2D eigenvalue weighted by molar-refractivity contribution is 7.92. The Morgan fingerprint density at radius 3 is 2.83 bits per heavy atom. The van der Waals surface area contributed by atoms with Crippen molar-refractivity contribution in [2.75, 3.05) is 18.0 Å². The second-order valence-corrected chi connectivity index (χ2v) is 8.09. The van der Waals surface area contributed by atoms with Gasteiger partial charge >= 0.3 is 0 Å². The van der Waals surface area contributed by atoms with Gasteiger partial charge in [0.05, 0.1) is 0 Å². The Labute approximate surface area is 140 Å². The smallest absolute Gasteiger partial charge is 0.234 e. The van der Waals surface area contributed by atoms with Gasteiger partial charge in [0.25, 0.3) is 0 Å². The van der Waals surface area contributed by atoms with Crippen LogP contribution in [0.2, 0.25) is 0 Å². The van der Waals surface area contributed by atoms with Crippen LogP contribution in [0.5, 0.6) is 0 Å². The van der Waals surface area contributed by atoms with Crippen molar-refractivity contribution in [2.45, 2.75) is 19.4 Å². The Bertz CT molecular complexity index is 768. The molecule has 0 aliphatic carbocycles. The van der Waals surface area contributed by atoms with E-state index in [1.165, 1.54) is 5.41 Å². The van der Waals surface area contributed by atoms with Crippen LogP contribution < -0.4 is 9.62 Å². The third-order valence-corrected chi connectivity index (χ3v) is 5.71. The number of benzene rings is 1. The molecule has 3 rings (SSSR count). The minimum atomic E-state index is -3.44. The number of aromatic nitrogens is 1. The third-order valence-electron chi connectivity index (χ3n) is 3.73. The summed E-state index contributed by atoms with van der Waals surface area (Å²) in [4.78, 5) is 6.38. The second kappa shape index (κ2) is 6.82. The monoisotopic (exact) mass is 349 g/mol. The maximum atomic E-state index is 12.2. The fourth-order valence-corrected chi connectivity index (χ4v) is 4.27. The number of nitrogens with zero attached hydrogens (tertiary/aromatic N) is 2. The Morgan fingerprint density at radius 1 is 1.35 bits per heavy atom. The van der Waals surface area contributed by atoms with Gasteiger partial charge in [0.2, 0.25) is 10.0 Å². The van der Waals surface area contributed by atoms with E-state index in [0.717, 1.165) is 29.2 Å². The molecule has 0 unspecified atom stereocenters. The molecule has 1 aliphatic heterocycles. The molecule has 1 atom stereocenters. The van der Waals surface area contributed by atoms with Crippen molar-refractivity contribution in [3.63, 3.8) is 0 Å². The first-order valence-electron chi connectivity index (χ1n) is 7.43. The summed E-state index contributed by atoms with van der Waals surface area (Å²) < 4.78 is 27.1. The predicted molar refractivity (Wildman–Crippen MR) is 95.0 cm³/mol. The Balaban J connectivity index is 1.59. The average molecular weight is 349 g/mol. The Kier molecular flexibility index (Phi) is 4.79. The molecule has 1 aliphatic rings. The molecule has 23 heavy (non-hydrogen) atoms. The van der Waals surface area contributed by atoms with Crippen molar-refractivity contribution in [1.82, 2.24) is 9.71 Å². The number of hydrogen-bond acceptors (Lipinski definition) is 5. The lowest BCUT2D eigenvalue weighted by molar-refractivity contribution is 0.570. The number of aryl methyl sites for hydroxylation is 1. The van der Waals surface area contributed by atoms with E-state index in [0.29, 0.717) is 6.54 Å². The molecule has 1 aromatic heterocycles. The van der Waals surface area contributed by atoms with Gasteiger partial charge in [0.15, 0.2) is 5.13 Å². The minimum absolute atomic E-state index is 0.0773. The predicted octanol–water partition coefficient (Wildman–Crippen LogP) is 2.62. The van der Waals surface area contributed by atoms with Crippen LogP contribution in [-0.4, -0.2) is 32.5 Å². The maximum Gasteiger partial charge on any atom is 0.234 e. The number of hydrogen-bond donors (Lipinski definition) is 1. The summed E-state index contributed by atoms with van der Waals surface area (Å²) in [6.07, 6.45) is 4.17. The molecule has 2 aromatic rings. The molecule has 0 saturated carbocycles. The van der Waals surface area contributed by atoms with E-state index in [4.69, 9.17) is 0 Å². The van der Waals surface area contributed by atoms with Crippen LogP contribution in [0.3, 0.4) is 0 Å². The highest BCUT2D eigenvalue weighted by Gasteiger charge is 2.26. The molecule has 0 bridgehead atoms. The zero-order chi connectivity index (χ0) is 16.3. The van der Waals surface area contributed by atoms with Crippen molar-refractivity contribution in [3.8, 4) is 0 Å². The molecule has 2 heterocycles. The van der Waals surface area contributed by atoms with Gasteiger partial charge < -0.3 is 4.90 Å². The van der Waals surface area contributed by atoms with Gasteiger partial charge in [-0.25, -0.2) is 18.1 Å². The van der Waals surface area contributed by atoms with E-state index in [9.17, 15) is 8.42 Å². The molecule has 5 nitrogen and oxygen atoms in total. The standard InChI is InChI=1S/C16H19N3O2S2/c1-13-2-4-14(5-3-13)7-11-23(20,21)18-15-6-9-19(12-15)16-17-8-10-22-16/h2-5,7-8,10-11,15,18H,6,9,12H2,1H3/b11-7+/t15-/m1/s1. The van der Waals surface area contributed by atoms with E-state index in [1.807, 2.05) is 36.6 Å². The summed E-state index contributed by atoms with van der Waals surface area (Å²) in [5.74, 6) is 0. The summed E-state index contributed by atoms with van der Waals surface area (Å²) >= 11 is 1.57. The van der Waals surface area contributed by atoms with E-state index < -0.39 is 10.0 Å². The van der Waals surface area contributed by atoms with E-state index >= 15 is 0 Å². The van der Waals surface area contributed by atoms with Gasteiger partial charge in [-0.1, -0.05) is 29.8 Å². The highest BCUT2D eigenvalue weighted by atomic mass is 32.2.